The molecule has 5 nitrogen and oxygen atoms in total. The SMILES string of the molecule is CCCCOCCOCCOCc1ccc(O)c(OC)c1. The van der Waals surface area contributed by atoms with Crippen LogP contribution in [0.15, 0.2) is 18.2 Å². The van der Waals surface area contributed by atoms with Crippen molar-refractivity contribution in [3.05, 3.63) is 23.8 Å². The van der Waals surface area contributed by atoms with Crippen molar-refractivity contribution >= 4 is 0 Å². The normalized spacial score (nSPS) is 10.8. The average Bonchev–Trinajstić information content (AvgIpc) is 2.50. The van der Waals surface area contributed by atoms with E-state index in [1.54, 1.807) is 18.2 Å². The Morgan fingerprint density at radius 3 is 2.29 bits per heavy atom. The molecule has 0 amide bonds. The summed E-state index contributed by atoms with van der Waals surface area (Å²) in [5.41, 5.74) is 0.951. The molecule has 5 heteroatoms. The van der Waals surface area contributed by atoms with E-state index in [4.69, 9.17) is 18.9 Å². The second-order valence-corrected chi connectivity index (χ2v) is 4.64. The van der Waals surface area contributed by atoms with Crippen LogP contribution in [0.1, 0.15) is 25.3 Å². The van der Waals surface area contributed by atoms with Gasteiger partial charge in [-0.3, -0.25) is 0 Å². The van der Waals surface area contributed by atoms with Gasteiger partial charge < -0.3 is 24.1 Å². The second kappa shape index (κ2) is 11.4. The molecule has 0 aliphatic heterocycles. The number of rotatable bonds is 12. The fourth-order valence-corrected chi connectivity index (χ4v) is 1.69. The molecule has 1 rings (SSSR count). The van der Waals surface area contributed by atoms with Gasteiger partial charge in [-0.25, -0.2) is 0 Å². The molecule has 0 saturated heterocycles. The largest absolute Gasteiger partial charge is 0.504 e. The van der Waals surface area contributed by atoms with E-state index in [0.29, 0.717) is 38.8 Å². The number of ether oxygens (including phenoxy) is 4. The van der Waals surface area contributed by atoms with Crippen LogP contribution in [0.5, 0.6) is 11.5 Å². The fourth-order valence-electron chi connectivity index (χ4n) is 1.69. The van der Waals surface area contributed by atoms with Crippen molar-refractivity contribution in [2.45, 2.75) is 26.4 Å². The van der Waals surface area contributed by atoms with Gasteiger partial charge in [-0.15, -0.1) is 0 Å². The van der Waals surface area contributed by atoms with Gasteiger partial charge >= 0.3 is 0 Å². The zero-order valence-corrected chi connectivity index (χ0v) is 13.0. The minimum atomic E-state index is 0.132. The molecule has 0 fully saturated rings. The lowest BCUT2D eigenvalue weighted by molar-refractivity contribution is 0.0102. The topological polar surface area (TPSA) is 57.2 Å². The van der Waals surface area contributed by atoms with Gasteiger partial charge in [0.2, 0.25) is 0 Å². The summed E-state index contributed by atoms with van der Waals surface area (Å²) in [5, 5.41) is 9.48. The zero-order valence-electron chi connectivity index (χ0n) is 13.0. The first-order valence-corrected chi connectivity index (χ1v) is 7.37. The molecule has 0 spiro atoms. The molecule has 0 saturated carbocycles. The maximum absolute atomic E-state index is 9.48. The van der Waals surface area contributed by atoms with Gasteiger partial charge in [0.25, 0.3) is 0 Å². The minimum Gasteiger partial charge on any atom is -0.504 e. The molecule has 1 aromatic carbocycles. The highest BCUT2D eigenvalue weighted by atomic mass is 16.5. The third-order valence-electron chi connectivity index (χ3n) is 2.90. The maximum atomic E-state index is 9.48. The van der Waals surface area contributed by atoms with Gasteiger partial charge in [0, 0.05) is 6.61 Å². The molecule has 1 N–H and O–H groups in total. The van der Waals surface area contributed by atoms with Crippen LogP contribution in [0.3, 0.4) is 0 Å². The summed E-state index contributed by atoms with van der Waals surface area (Å²) in [4.78, 5) is 0. The lowest BCUT2D eigenvalue weighted by atomic mass is 10.2. The van der Waals surface area contributed by atoms with Crippen molar-refractivity contribution in [2.24, 2.45) is 0 Å². The molecule has 0 radical (unpaired) electrons. The third kappa shape index (κ3) is 7.90. The van der Waals surface area contributed by atoms with Crippen LogP contribution < -0.4 is 4.74 Å². The summed E-state index contributed by atoms with van der Waals surface area (Å²) >= 11 is 0. The van der Waals surface area contributed by atoms with Gasteiger partial charge in [-0.05, 0) is 24.1 Å². The van der Waals surface area contributed by atoms with E-state index in [0.717, 1.165) is 25.0 Å². The molecule has 21 heavy (non-hydrogen) atoms. The predicted octanol–water partition coefficient (Wildman–Crippen LogP) is 2.75. The quantitative estimate of drug-likeness (QED) is 0.601. The first kappa shape index (κ1) is 17.8. The van der Waals surface area contributed by atoms with Gasteiger partial charge in [0.05, 0.1) is 40.1 Å². The van der Waals surface area contributed by atoms with E-state index in [1.807, 2.05) is 0 Å². The van der Waals surface area contributed by atoms with E-state index in [2.05, 4.69) is 6.92 Å². The van der Waals surface area contributed by atoms with Crippen LogP contribution >= 0.6 is 0 Å². The summed E-state index contributed by atoms with van der Waals surface area (Å²) < 4.78 is 21.3. The number of unbranched alkanes of at least 4 members (excludes halogenated alkanes) is 1. The number of hydrogen-bond donors (Lipinski definition) is 1. The van der Waals surface area contributed by atoms with E-state index in [-0.39, 0.29) is 5.75 Å². The lowest BCUT2D eigenvalue weighted by Gasteiger charge is -2.08. The standard InChI is InChI=1S/C16H26O5/c1-3-4-7-19-8-9-20-10-11-21-13-14-5-6-15(17)16(12-14)18-2/h5-6,12,17H,3-4,7-11,13H2,1-2H3. The Morgan fingerprint density at radius 2 is 1.62 bits per heavy atom. The first-order chi connectivity index (χ1) is 10.3. The van der Waals surface area contributed by atoms with Crippen LogP contribution in [0.25, 0.3) is 0 Å². The zero-order chi connectivity index (χ0) is 15.3. The lowest BCUT2D eigenvalue weighted by Crippen LogP contribution is -2.09. The first-order valence-electron chi connectivity index (χ1n) is 7.37. The Morgan fingerprint density at radius 1 is 0.952 bits per heavy atom. The molecule has 0 unspecified atom stereocenters. The molecule has 0 aromatic heterocycles. The van der Waals surface area contributed by atoms with Crippen molar-refractivity contribution in [3.8, 4) is 11.5 Å². The summed E-state index contributed by atoms with van der Waals surface area (Å²) in [7, 11) is 1.52. The van der Waals surface area contributed by atoms with Crippen LogP contribution in [0.4, 0.5) is 0 Å². The fraction of sp³-hybridized carbons (Fsp3) is 0.625. The maximum Gasteiger partial charge on any atom is 0.160 e. The monoisotopic (exact) mass is 298 g/mol. The molecular weight excluding hydrogens is 272 g/mol. The molecule has 0 heterocycles. The van der Waals surface area contributed by atoms with Crippen molar-refractivity contribution < 1.29 is 24.1 Å². The van der Waals surface area contributed by atoms with Gasteiger partial charge in [0.1, 0.15) is 0 Å². The summed E-state index contributed by atoms with van der Waals surface area (Å²) in [6, 6.07) is 5.17. The average molecular weight is 298 g/mol. The molecular formula is C16H26O5. The van der Waals surface area contributed by atoms with Crippen molar-refractivity contribution in [3.63, 3.8) is 0 Å². The van der Waals surface area contributed by atoms with Crippen molar-refractivity contribution in [2.75, 3.05) is 40.1 Å². The Balaban J connectivity index is 2.01. The molecule has 0 atom stereocenters. The van der Waals surface area contributed by atoms with Gasteiger partial charge in [-0.2, -0.15) is 0 Å². The summed E-state index contributed by atoms with van der Waals surface area (Å²) in [6.45, 7) is 5.71. The Hall–Kier alpha value is -1.30. The molecule has 0 aliphatic carbocycles. The van der Waals surface area contributed by atoms with Gasteiger partial charge in [0.15, 0.2) is 11.5 Å². The summed E-state index contributed by atoms with van der Waals surface area (Å²) in [6.07, 6.45) is 2.25. The molecule has 120 valence electrons. The Kier molecular flexibility index (Phi) is 9.61. The van der Waals surface area contributed by atoms with Crippen LogP contribution in [-0.4, -0.2) is 45.3 Å². The minimum absolute atomic E-state index is 0.132. The van der Waals surface area contributed by atoms with Crippen molar-refractivity contribution in [1.82, 2.24) is 0 Å². The van der Waals surface area contributed by atoms with E-state index >= 15 is 0 Å². The predicted molar refractivity (Wildman–Crippen MR) is 80.9 cm³/mol. The van der Waals surface area contributed by atoms with Gasteiger partial charge in [-0.1, -0.05) is 19.4 Å². The molecule has 0 aliphatic rings. The number of hydrogen-bond acceptors (Lipinski definition) is 5. The smallest absolute Gasteiger partial charge is 0.160 e. The molecule has 1 aromatic rings. The highest BCUT2D eigenvalue weighted by Crippen LogP contribution is 2.26. The van der Waals surface area contributed by atoms with Crippen LogP contribution in [0, 0.1) is 0 Å². The Labute approximate surface area is 126 Å². The second-order valence-electron chi connectivity index (χ2n) is 4.64. The number of phenolic OH excluding ortho intramolecular Hbond substituents is 1. The third-order valence-corrected chi connectivity index (χ3v) is 2.90. The number of phenols is 1. The number of benzene rings is 1. The van der Waals surface area contributed by atoms with Crippen molar-refractivity contribution in [1.29, 1.82) is 0 Å². The van der Waals surface area contributed by atoms with E-state index < -0.39 is 0 Å². The Bertz CT molecular complexity index is 381. The number of methoxy groups -OCH3 is 1. The van der Waals surface area contributed by atoms with E-state index in [9.17, 15) is 5.11 Å². The number of aromatic hydroxyl groups is 1. The van der Waals surface area contributed by atoms with E-state index in [1.165, 1.54) is 7.11 Å². The highest BCUT2D eigenvalue weighted by Gasteiger charge is 2.02. The molecule has 0 bridgehead atoms. The highest BCUT2D eigenvalue weighted by molar-refractivity contribution is 5.41. The van der Waals surface area contributed by atoms with Crippen LogP contribution in [0.2, 0.25) is 0 Å². The summed E-state index contributed by atoms with van der Waals surface area (Å²) in [5.74, 6) is 0.587. The van der Waals surface area contributed by atoms with Crippen LogP contribution in [-0.2, 0) is 20.8 Å².